The Morgan fingerprint density at radius 2 is 2.20 bits per heavy atom. The molecule has 0 aromatic carbocycles. The first-order chi connectivity index (χ1) is 6.84. The largest absolute Gasteiger partial charge is 0.359 e. The lowest BCUT2D eigenvalue weighted by Gasteiger charge is -2.29. The van der Waals surface area contributed by atoms with Gasteiger partial charge in [0, 0.05) is 25.0 Å². The minimum absolute atomic E-state index is 0.107. The number of rotatable bonds is 3. The minimum Gasteiger partial charge on any atom is -0.359 e. The van der Waals surface area contributed by atoms with Gasteiger partial charge in [0.25, 0.3) is 5.56 Å². The Hall–Kier alpha value is -1.03. The van der Waals surface area contributed by atoms with Gasteiger partial charge in [0.2, 0.25) is 0 Å². The highest BCUT2D eigenvalue weighted by Crippen LogP contribution is 2.18. The Labute approximate surface area is 94.3 Å². The van der Waals surface area contributed by atoms with Crippen molar-refractivity contribution in [2.45, 2.75) is 31.7 Å². The molecule has 0 spiro atoms. The first-order valence-electron chi connectivity index (χ1n) is 4.78. The number of alkyl halides is 1. The molecule has 0 fully saturated rings. The number of hydrogen-bond acceptors (Lipinski definition) is 3. The summed E-state index contributed by atoms with van der Waals surface area (Å²) < 4.78 is 1.48. The molecule has 15 heavy (non-hydrogen) atoms. The number of hydrogen-bond donors (Lipinski definition) is 1. The third-order valence-corrected chi connectivity index (χ3v) is 3.00. The lowest BCUT2D eigenvalue weighted by molar-refractivity contribution is 0.550. The van der Waals surface area contributed by atoms with Crippen molar-refractivity contribution >= 4 is 17.4 Å². The van der Waals surface area contributed by atoms with Gasteiger partial charge in [-0.15, -0.1) is 11.6 Å². The van der Waals surface area contributed by atoms with Crippen LogP contribution in [0, 0.1) is 0 Å². The number of nitrogens with zero attached hydrogens (tertiary/aromatic N) is 2. The van der Waals surface area contributed by atoms with E-state index in [-0.39, 0.29) is 16.5 Å². The Morgan fingerprint density at radius 1 is 1.60 bits per heavy atom. The second kappa shape index (κ2) is 4.23. The smallest absolute Gasteiger partial charge is 0.293 e. The summed E-state index contributed by atoms with van der Waals surface area (Å²) in [6.07, 6.45) is 3.20. The van der Waals surface area contributed by atoms with Crippen LogP contribution in [0.4, 0.5) is 5.82 Å². The fourth-order valence-corrected chi connectivity index (χ4v) is 1.04. The van der Waals surface area contributed by atoms with E-state index in [9.17, 15) is 4.79 Å². The third kappa shape index (κ3) is 2.72. The number of aryl methyl sites for hydroxylation is 1. The SMILES string of the molecule is CC(Cl)C(C)(C)Nc1nccn(C)c1=O. The molecule has 0 aliphatic heterocycles. The van der Waals surface area contributed by atoms with Crippen molar-refractivity contribution in [3.8, 4) is 0 Å². The van der Waals surface area contributed by atoms with E-state index in [1.165, 1.54) is 4.57 Å². The van der Waals surface area contributed by atoms with Crippen molar-refractivity contribution in [3.05, 3.63) is 22.7 Å². The van der Waals surface area contributed by atoms with Crippen LogP contribution in [0.3, 0.4) is 0 Å². The summed E-state index contributed by atoms with van der Waals surface area (Å²) in [4.78, 5) is 15.7. The summed E-state index contributed by atoms with van der Waals surface area (Å²) in [7, 11) is 1.69. The Kier molecular flexibility index (Phi) is 3.39. The molecule has 1 aromatic heterocycles. The predicted molar refractivity (Wildman–Crippen MR) is 62.5 cm³/mol. The molecule has 0 aliphatic carbocycles. The summed E-state index contributed by atoms with van der Waals surface area (Å²) in [6.45, 7) is 5.74. The Morgan fingerprint density at radius 3 is 2.73 bits per heavy atom. The van der Waals surface area contributed by atoms with Gasteiger partial charge in [-0.3, -0.25) is 4.79 Å². The first kappa shape index (κ1) is 12.0. The second-order valence-electron chi connectivity index (χ2n) is 4.15. The van der Waals surface area contributed by atoms with Gasteiger partial charge in [0.15, 0.2) is 5.82 Å². The highest BCUT2D eigenvalue weighted by atomic mass is 35.5. The normalized spacial score (nSPS) is 13.7. The molecule has 0 radical (unpaired) electrons. The van der Waals surface area contributed by atoms with Crippen LogP contribution < -0.4 is 10.9 Å². The van der Waals surface area contributed by atoms with E-state index in [0.29, 0.717) is 5.82 Å². The van der Waals surface area contributed by atoms with Gasteiger partial charge in [-0.1, -0.05) is 0 Å². The van der Waals surface area contributed by atoms with Crippen LogP contribution in [-0.4, -0.2) is 20.5 Å². The molecule has 0 saturated heterocycles. The molecule has 0 bridgehead atoms. The molecular weight excluding hydrogens is 214 g/mol. The molecular formula is C10H16ClN3O. The average Bonchev–Trinajstić information content (AvgIpc) is 2.12. The van der Waals surface area contributed by atoms with E-state index < -0.39 is 0 Å². The van der Waals surface area contributed by atoms with Crippen molar-refractivity contribution < 1.29 is 0 Å². The zero-order chi connectivity index (χ0) is 11.6. The fourth-order valence-electron chi connectivity index (χ4n) is 0.988. The van der Waals surface area contributed by atoms with Gasteiger partial charge in [-0.05, 0) is 20.8 Å². The van der Waals surface area contributed by atoms with Crippen molar-refractivity contribution in [2.24, 2.45) is 7.05 Å². The summed E-state index contributed by atoms with van der Waals surface area (Å²) in [6, 6.07) is 0. The molecule has 1 atom stereocenters. The number of nitrogens with one attached hydrogen (secondary N) is 1. The van der Waals surface area contributed by atoms with Gasteiger partial charge in [0.05, 0.1) is 5.38 Å². The van der Waals surface area contributed by atoms with Crippen molar-refractivity contribution in [3.63, 3.8) is 0 Å². The van der Waals surface area contributed by atoms with Crippen LogP contribution in [-0.2, 0) is 7.05 Å². The fraction of sp³-hybridized carbons (Fsp3) is 0.600. The van der Waals surface area contributed by atoms with Crippen molar-refractivity contribution in [2.75, 3.05) is 5.32 Å². The van der Waals surface area contributed by atoms with Crippen LogP contribution in [0.25, 0.3) is 0 Å². The summed E-state index contributed by atoms with van der Waals surface area (Å²) in [5, 5.41) is 2.94. The molecule has 84 valence electrons. The maximum Gasteiger partial charge on any atom is 0.293 e. The van der Waals surface area contributed by atoms with E-state index in [2.05, 4.69) is 10.3 Å². The summed E-state index contributed by atoms with van der Waals surface area (Å²) >= 11 is 6.01. The third-order valence-electron chi connectivity index (χ3n) is 2.45. The molecule has 5 heteroatoms. The maximum atomic E-state index is 11.7. The summed E-state index contributed by atoms with van der Waals surface area (Å²) in [5.74, 6) is 0.331. The van der Waals surface area contributed by atoms with E-state index >= 15 is 0 Å². The number of aromatic nitrogens is 2. The average molecular weight is 230 g/mol. The second-order valence-corrected chi connectivity index (χ2v) is 4.81. The molecule has 0 amide bonds. The zero-order valence-corrected chi connectivity index (χ0v) is 10.2. The molecule has 1 aromatic rings. The van der Waals surface area contributed by atoms with Crippen molar-refractivity contribution in [1.82, 2.24) is 9.55 Å². The Bertz CT molecular complexity index is 398. The van der Waals surface area contributed by atoms with Crippen molar-refractivity contribution in [1.29, 1.82) is 0 Å². The molecule has 0 aliphatic rings. The van der Waals surface area contributed by atoms with Crippen LogP contribution in [0.1, 0.15) is 20.8 Å². The number of anilines is 1. The van der Waals surface area contributed by atoms with E-state index in [0.717, 1.165) is 0 Å². The minimum atomic E-state index is -0.373. The quantitative estimate of drug-likeness (QED) is 0.801. The molecule has 4 nitrogen and oxygen atoms in total. The van der Waals surface area contributed by atoms with E-state index in [4.69, 9.17) is 11.6 Å². The maximum absolute atomic E-state index is 11.7. The molecule has 1 rings (SSSR count). The monoisotopic (exact) mass is 229 g/mol. The van der Waals surface area contributed by atoms with Gasteiger partial charge in [-0.2, -0.15) is 0 Å². The van der Waals surface area contributed by atoms with Gasteiger partial charge >= 0.3 is 0 Å². The van der Waals surface area contributed by atoms with Gasteiger partial charge in [0.1, 0.15) is 0 Å². The summed E-state index contributed by atoms with van der Waals surface area (Å²) in [5.41, 5.74) is -0.523. The standard InChI is InChI=1S/C10H16ClN3O/c1-7(11)10(2,3)13-8-9(15)14(4)6-5-12-8/h5-7H,1-4H3,(H,12,13). The first-order valence-corrected chi connectivity index (χ1v) is 5.22. The lowest BCUT2D eigenvalue weighted by atomic mass is 10.0. The molecule has 1 N–H and O–H groups in total. The van der Waals surface area contributed by atoms with Crippen LogP contribution in [0.5, 0.6) is 0 Å². The lowest BCUT2D eigenvalue weighted by Crippen LogP contribution is -2.41. The van der Waals surface area contributed by atoms with E-state index in [1.54, 1.807) is 19.4 Å². The molecule has 1 unspecified atom stereocenters. The predicted octanol–water partition coefficient (Wildman–Crippen LogP) is 1.60. The van der Waals surface area contributed by atoms with Gasteiger partial charge in [-0.25, -0.2) is 4.98 Å². The van der Waals surface area contributed by atoms with Crippen LogP contribution in [0.2, 0.25) is 0 Å². The molecule has 1 heterocycles. The highest BCUT2D eigenvalue weighted by molar-refractivity contribution is 6.21. The van der Waals surface area contributed by atoms with Crippen LogP contribution in [0.15, 0.2) is 17.2 Å². The van der Waals surface area contributed by atoms with E-state index in [1.807, 2.05) is 20.8 Å². The topological polar surface area (TPSA) is 46.9 Å². The highest BCUT2D eigenvalue weighted by Gasteiger charge is 2.25. The Balaban J connectivity index is 3.00. The molecule has 0 saturated carbocycles. The van der Waals surface area contributed by atoms with Gasteiger partial charge < -0.3 is 9.88 Å². The zero-order valence-electron chi connectivity index (χ0n) is 9.41. The number of halogens is 1. The van der Waals surface area contributed by atoms with Crippen LogP contribution >= 0.6 is 11.6 Å².